The summed E-state index contributed by atoms with van der Waals surface area (Å²) in [5, 5.41) is 19.7. The van der Waals surface area contributed by atoms with Crippen LogP contribution in [0.5, 0.6) is 0 Å². The van der Waals surface area contributed by atoms with E-state index in [0.717, 1.165) is 33.7 Å². The summed E-state index contributed by atoms with van der Waals surface area (Å²) in [7, 11) is 0. The Morgan fingerprint density at radius 1 is 1.11 bits per heavy atom. The first kappa shape index (κ1) is 23.7. The SMILES string of the molecule is CCOC(=O)C1(C(=O)N=c2sc(CC)nn2Cc2ccc(-c3ccccc3-c3nnn[nH]3)cc2)CC1. The van der Waals surface area contributed by atoms with Crippen LogP contribution in [0.3, 0.4) is 0 Å². The number of carbonyl (C=O) groups excluding carboxylic acids is 2. The molecular formula is C25H25N7O3S. The van der Waals surface area contributed by atoms with Crippen molar-refractivity contribution in [3.8, 4) is 22.5 Å². The number of nitrogens with zero attached hydrogens (tertiary/aromatic N) is 6. The summed E-state index contributed by atoms with van der Waals surface area (Å²) in [6, 6.07) is 16.0. The minimum Gasteiger partial charge on any atom is -0.465 e. The van der Waals surface area contributed by atoms with Crippen LogP contribution in [0.25, 0.3) is 22.5 Å². The Morgan fingerprint density at radius 2 is 1.86 bits per heavy atom. The summed E-state index contributed by atoms with van der Waals surface area (Å²) in [4.78, 5) is 30.0. The molecule has 1 saturated carbocycles. The largest absolute Gasteiger partial charge is 0.465 e. The molecule has 4 aromatic rings. The van der Waals surface area contributed by atoms with Crippen molar-refractivity contribution in [3.05, 3.63) is 63.9 Å². The monoisotopic (exact) mass is 503 g/mol. The molecule has 1 amide bonds. The van der Waals surface area contributed by atoms with Gasteiger partial charge in [-0.1, -0.05) is 66.8 Å². The van der Waals surface area contributed by atoms with E-state index in [9.17, 15) is 9.59 Å². The zero-order valence-corrected chi connectivity index (χ0v) is 20.8. The smallest absolute Gasteiger partial charge is 0.321 e. The van der Waals surface area contributed by atoms with Gasteiger partial charge in [-0.15, -0.1) is 5.10 Å². The van der Waals surface area contributed by atoms with Crippen molar-refractivity contribution in [1.29, 1.82) is 0 Å². The van der Waals surface area contributed by atoms with Crippen molar-refractivity contribution >= 4 is 23.2 Å². The average Bonchev–Trinajstić information content (AvgIpc) is 3.37. The van der Waals surface area contributed by atoms with Gasteiger partial charge in [0.05, 0.1) is 13.2 Å². The van der Waals surface area contributed by atoms with Crippen LogP contribution >= 0.6 is 11.3 Å². The quantitative estimate of drug-likeness (QED) is 0.289. The molecule has 5 rings (SSSR count). The van der Waals surface area contributed by atoms with Gasteiger partial charge in [-0.3, -0.25) is 9.59 Å². The Kier molecular flexibility index (Phi) is 6.55. The first-order valence-corrected chi connectivity index (χ1v) is 12.6. The molecular weight excluding hydrogens is 478 g/mol. The molecule has 1 aliphatic carbocycles. The summed E-state index contributed by atoms with van der Waals surface area (Å²) in [5.74, 6) is -0.329. The van der Waals surface area contributed by atoms with Crippen LogP contribution in [0.1, 0.15) is 37.3 Å². The highest BCUT2D eigenvalue weighted by Gasteiger charge is 2.58. The van der Waals surface area contributed by atoms with Gasteiger partial charge in [-0.25, -0.2) is 9.78 Å². The van der Waals surface area contributed by atoms with Crippen LogP contribution < -0.4 is 4.80 Å². The maximum absolute atomic E-state index is 12.9. The van der Waals surface area contributed by atoms with Gasteiger partial charge in [-0.2, -0.15) is 10.1 Å². The highest BCUT2D eigenvalue weighted by molar-refractivity contribution is 7.08. The molecule has 1 N–H and O–H groups in total. The van der Waals surface area contributed by atoms with Gasteiger partial charge < -0.3 is 4.74 Å². The average molecular weight is 504 g/mol. The standard InChI is InChI=1S/C25H25N7O3S/c1-3-20-29-32(24(36-20)26-22(33)25(13-14-25)23(34)35-4-2)15-16-9-11-17(12-10-16)18-7-5-6-8-19(18)21-27-30-31-28-21/h5-12H,3-4,13-15H2,1-2H3,(H,27,28,30,31). The molecule has 2 heterocycles. The van der Waals surface area contributed by atoms with Gasteiger partial charge >= 0.3 is 5.97 Å². The maximum Gasteiger partial charge on any atom is 0.321 e. The molecule has 11 heteroatoms. The Hall–Kier alpha value is -3.99. The van der Waals surface area contributed by atoms with E-state index in [1.165, 1.54) is 11.3 Å². The molecule has 0 radical (unpaired) electrons. The lowest BCUT2D eigenvalue weighted by Crippen LogP contribution is -2.29. The summed E-state index contributed by atoms with van der Waals surface area (Å²) < 4.78 is 6.84. The molecule has 0 aliphatic heterocycles. The molecule has 1 fully saturated rings. The Bertz CT molecular complexity index is 1450. The van der Waals surface area contributed by atoms with Crippen LogP contribution in [-0.4, -0.2) is 48.9 Å². The molecule has 0 unspecified atom stereocenters. The van der Waals surface area contributed by atoms with E-state index in [0.29, 0.717) is 30.0 Å². The van der Waals surface area contributed by atoms with Gasteiger partial charge in [0.2, 0.25) is 4.80 Å². The number of aryl methyl sites for hydroxylation is 1. The number of carbonyl (C=O) groups is 2. The van der Waals surface area contributed by atoms with Gasteiger partial charge in [-0.05, 0) is 53.3 Å². The molecule has 0 bridgehead atoms. The topological polar surface area (TPSA) is 128 Å². The molecule has 1 aliphatic rings. The van der Waals surface area contributed by atoms with Crippen molar-refractivity contribution in [3.63, 3.8) is 0 Å². The van der Waals surface area contributed by atoms with E-state index < -0.39 is 17.3 Å². The molecule has 0 spiro atoms. The number of hydrogen-bond acceptors (Lipinski definition) is 8. The van der Waals surface area contributed by atoms with Crippen LogP contribution in [0, 0.1) is 5.41 Å². The van der Waals surface area contributed by atoms with E-state index >= 15 is 0 Å². The number of aromatic amines is 1. The number of hydrogen-bond donors (Lipinski definition) is 1. The van der Waals surface area contributed by atoms with Crippen molar-refractivity contribution < 1.29 is 14.3 Å². The molecule has 2 aromatic carbocycles. The summed E-state index contributed by atoms with van der Waals surface area (Å²) in [6.07, 6.45) is 1.67. The second-order valence-corrected chi connectivity index (χ2v) is 9.54. The Labute approximate surface area is 211 Å². The number of benzene rings is 2. The number of ether oxygens (including phenoxy) is 1. The zero-order valence-electron chi connectivity index (χ0n) is 20.0. The Morgan fingerprint density at radius 3 is 2.50 bits per heavy atom. The van der Waals surface area contributed by atoms with Crippen LogP contribution in [0.15, 0.2) is 53.5 Å². The molecule has 0 saturated heterocycles. The number of nitrogens with one attached hydrogen (secondary N) is 1. The molecule has 36 heavy (non-hydrogen) atoms. The van der Waals surface area contributed by atoms with E-state index in [1.807, 2.05) is 55.5 Å². The second kappa shape index (κ2) is 9.94. The summed E-state index contributed by atoms with van der Waals surface area (Å²) >= 11 is 1.37. The number of aromatic nitrogens is 6. The number of H-pyrrole nitrogens is 1. The van der Waals surface area contributed by atoms with Crippen molar-refractivity contribution in [1.82, 2.24) is 30.4 Å². The van der Waals surface area contributed by atoms with Gasteiger partial charge in [0.15, 0.2) is 5.82 Å². The number of amides is 1. The molecule has 184 valence electrons. The van der Waals surface area contributed by atoms with Gasteiger partial charge in [0.1, 0.15) is 10.4 Å². The first-order chi connectivity index (χ1) is 17.5. The second-order valence-electron chi connectivity index (χ2n) is 8.50. The lowest BCUT2D eigenvalue weighted by Gasteiger charge is -2.09. The number of tetrazole rings is 1. The fourth-order valence-electron chi connectivity index (χ4n) is 3.95. The molecule has 10 nitrogen and oxygen atoms in total. The van der Waals surface area contributed by atoms with Gasteiger partial charge in [0.25, 0.3) is 5.91 Å². The highest BCUT2D eigenvalue weighted by atomic mass is 32.1. The summed E-state index contributed by atoms with van der Waals surface area (Å²) in [5.41, 5.74) is 2.82. The minimum atomic E-state index is -1.13. The van der Waals surface area contributed by atoms with Crippen molar-refractivity contribution in [2.45, 2.75) is 39.7 Å². The lowest BCUT2D eigenvalue weighted by atomic mass is 9.98. The van der Waals surface area contributed by atoms with Crippen LogP contribution in [0.4, 0.5) is 0 Å². The maximum atomic E-state index is 12.9. The van der Waals surface area contributed by atoms with E-state index in [4.69, 9.17) is 4.74 Å². The van der Waals surface area contributed by atoms with Crippen molar-refractivity contribution in [2.75, 3.05) is 6.61 Å². The molecule has 2 aromatic heterocycles. The van der Waals surface area contributed by atoms with E-state index in [-0.39, 0.29) is 6.61 Å². The fourth-order valence-corrected chi connectivity index (χ4v) is 4.79. The predicted molar refractivity (Wildman–Crippen MR) is 133 cm³/mol. The third-order valence-corrected chi connectivity index (χ3v) is 7.20. The third kappa shape index (κ3) is 4.61. The Balaban J connectivity index is 1.41. The predicted octanol–water partition coefficient (Wildman–Crippen LogP) is 3.17. The van der Waals surface area contributed by atoms with E-state index in [1.54, 1.807) is 11.6 Å². The van der Waals surface area contributed by atoms with Crippen molar-refractivity contribution in [2.24, 2.45) is 10.4 Å². The normalized spacial score (nSPS) is 14.6. The lowest BCUT2D eigenvalue weighted by molar-refractivity contribution is -0.153. The number of esters is 1. The fraction of sp³-hybridized carbons (Fsp3) is 0.320. The van der Waals surface area contributed by atoms with Gasteiger partial charge in [0, 0.05) is 5.56 Å². The zero-order chi connectivity index (χ0) is 25.1. The third-order valence-electron chi connectivity index (χ3n) is 6.11. The molecule has 0 atom stereocenters. The highest BCUT2D eigenvalue weighted by Crippen LogP contribution is 2.48. The minimum absolute atomic E-state index is 0.240. The van der Waals surface area contributed by atoms with E-state index in [2.05, 4.69) is 30.7 Å². The number of rotatable bonds is 8. The van der Waals surface area contributed by atoms with Crippen LogP contribution in [0.2, 0.25) is 0 Å². The van der Waals surface area contributed by atoms with Crippen LogP contribution in [-0.2, 0) is 27.3 Å². The first-order valence-electron chi connectivity index (χ1n) is 11.8. The summed E-state index contributed by atoms with van der Waals surface area (Å²) in [6.45, 7) is 4.43.